The Morgan fingerprint density at radius 1 is 1.44 bits per heavy atom. The molecule has 5 heteroatoms. The summed E-state index contributed by atoms with van der Waals surface area (Å²) in [6.07, 6.45) is 0. The van der Waals surface area contributed by atoms with Crippen LogP contribution in [-0.4, -0.2) is 24.1 Å². The molecule has 1 heterocycles. The van der Waals surface area contributed by atoms with E-state index in [4.69, 9.17) is 4.74 Å². The van der Waals surface area contributed by atoms with Crippen LogP contribution in [0.4, 0.5) is 4.39 Å². The molecule has 96 valence electrons. The summed E-state index contributed by atoms with van der Waals surface area (Å²) in [5, 5.41) is 3.04. The Morgan fingerprint density at radius 2 is 2.22 bits per heavy atom. The molecule has 2 aromatic rings. The molecule has 4 nitrogen and oxygen atoms in total. The summed E-state index contributed by atoms with van der Waals surface area (Å²) < 4.78 is 18.5. The summed E-state index contributed by atoms with van der Waals surface area (Å²) in [4.78, 5) is 7.60. The number of methoxy groups -OCH3 is 1. The highest BCUT2D eigenvalue weighted by atomic mass is 19.1. The van der Waals surface area contributed by atoms with Crippen molar-refractivity contribution in [3.8, 4) is 17.1 Å². The SMILES string of the molecule is CNCc1nc(-c2cc(F)ccc2OC)[nH]c1C. The van der Waals surface area contributed by atoms with Crippen molar-refractivity contribution in [1.29, 1.82) is 0 Å². The topological polar surface area (TPSA) is 49.9 Å². The highest BCUT2D eigenvalue weighted by Crippen LogP contribution is 2.29. The zero-order valence-electron chi connectivity index (χ0n) is 10.7. The van der Waals surface area contributed by atoms with Crippen LogP contribution in [0.15, 0.2) is 18.2 Å². The first-order valence-corrected chi connectivity index (χ1v) is 5.69. The minimum absolute atomic E-state index is 0.310. The van der Waals surface area contributed by atoms with Gasteiger partial charge in [0.05, 0.1) is 18.4 Å². The Morgan fingerprint density at radius 3 is 2.89 bits per heavy atom. The highest BCUT2D eigenvalue weighted by Gasteiger charge is 2.13. The van der Waals surface area contributed by atoms with E-state index in [0.29, 0.717) is 23.7 Å². The number of hydrogen-bond acceptors (Lipinski definition) is 3. The molecule has 0 amide bonds. The lowest BCUT2D eigenvalue weighted by Crippen LogP contribution is -2.06. The minimum Gasteiger partial charge on any atom is -0.496 e. The van der Waals surface area contributed by atoms with Gasteiger partial charge in [-0.05, 0) is 32.2 Å². The number of ether oxygens (including phenoxy) is 1. The number of aromatic nitrogens is 2. The molecule has 0 fully saturated rings. The number of aryl methyl sites for hydroxylation is 1. The monoisotopic (exact) mass is 249 g/mol. The van der Waals surface area contributed by atoms with Crippen LogP contribution < -0.4 is 10.1 Å². The van der Waals surface area contributed by atoms with Crippen LogP contribution in [0.2, 0.25) is 0 Å². The maximum absolute atomic E-state index is 13.3. The molecule has 0 aliphatic rings. The number of nitrogens with zero attached hydrogens (tertiary/aromatic N) is 1. The van der Waals surface area contributed by atoms with Crippen LogP contribution in [0.1, 0.15) is 11.4 Å². The average Bonchev–Trinajstić information content (AvgIpc) is 2.71. The maximum atomic E-state index is 13.3. The normalized spacial score (nSPS) is 10.7. The Hall–Kier alpha value is -1.88. The first kappa shape index (κ1) is 12.6. The van der Waals surface area contributed by atoms with Crippen molar-refractivity contribution >= 4 is 0 Å². The molecular weight excluding hydrogens is 233 g/mol. The molecule has 0 saturated carbocycles. The molecule has 1 aromatic heterocycles. The average molecular weight is 249 g/mol. The van der Waals surface area contributed by atoms with Gasteiger partial charge in [-0.15, -0.1) is 0 Å². The molecule has 0 bridgehead atoms. The number of aromatic amines is 1. The summed E-state index contributed by atoms with van der Waals surface area (Å²) >= 11 is 0. The predicted octanol–water partition coefficient (Wildman–Crippen LogP) is 2.25. The molecule has 2 rings (SSSR count). The van der Waals surface area contributed by atoms with E-state index >= 15 is 0 Å². The maximum Gasteiger partial charge on any atom is 0.141 e. The summed E-state index contributed by atoms with van der Waals surface area (Å²) in [5.74, 6) is 0.908. The van der Waals surface area contributed by atoms with Crippen molar-refractivity contribution in [2.24, 2.45) is 0 Å². The zero-order valence-corrected chi connectivity index (χ0v) is 10.7. The zero-order chi connectivity index (χ0) is 13.1. The van der Waals surface area contributed by atoms with Crippen molar-refractivity contribution in [3.05, 3.63) is 35.4 Å². The summed E-state index contributed by atoms with van der Waals surface area (Å²) in [5.41, 5.74) is 2.51. The number of halogens is 1. The van der Waals surface area contributed by atoms with E-state index in [1.54, 1.807) is 13.2 Å². The van der Waals surface area contributed by atoms with Gasteiger partial charge in [0.25, 0.3) is 0 Å². The van der Waals surface area contributed by atoms with Crippen LogP contribution in [0, 0.1) is 12.7 Å². The number of benzene rings is 1. The third-order valence-electron chi connectivity index (χ3n) is 2.75. The molecule has 2 N–H and O–H groups in total. The van der Waals surface area contributed by atoms with Gasteiger partial charge in [0.1, 0.15) is 17.4 Å². The van der Waals surface area contributed by atoms with E-state index in [0.717, 1.165) is 11.4 Å². The van der Waals surface area contributed by atoms with Crippen LogP contribution in [0.3, 0.4) is 0 Å². The molecule has 0 atom stereocenters. The van der Waals surface area contributed by atoms with Gasteiger partial charge in [0.2, 0.25) is 0 Å². The molecular formula is C13H16FN3O. The predicted molar refractivity (Wildman–Crippen MR) is 68.0 cm³/mol. The lowest BCUT2D eigenvalue weighted by molar-refractivity contribution is 0.415. The molecule has 0 aliphatic carbocycles. The fourth-order valence-corrected chi connectivity index (χ4v) is 1.83. The van der Waals surface area contributed by atoms with Crippen LogP contribution in [0.25, 0.3) is 11.4 Å². The molecule has 0 radical (unpaired) electrons. The second-order valence-corrected chi connectivity index (χ2v) is 4.03. The van der Waals surface area contributed by atoms with E-state index in [9.17, 15) is 4.39 Å². The Bertz CT molecular complexity index is 551. The second-order valence-electron chi connectivity index (χ2n) is 4.03. The lowest BCUT2D eigenvalue weighted by atomic mass is 10.2. The van der Waals surface area contributed by atoms with E-state index in [-0.39, 0.29) is 5.82 Å². The van der Waals surface area contributed by atoms with E-state index in [1.807, 2.05) is 14.0 Å². The van der Waals surface area contributed by atoms with Gasteiger partial charge in [-0.3, -0.25) is 0 Å². The third kappa shape index (κ3) is 2.36. The van der Waals surface area contributed by atoms with E-state index in [2.05, 4.69) is 15.3 Å². The number of nitrogens with one attached hydrogen (secondary N) is 2. The summed E-state index contributed by atoms with van der Waals surface area (Å²) in [7, 11) is 3.41. The van der Waals surface area contributed by atoms with Gasteiger partial charge in [-0.1, -0.05) is 0 Å². The third-order valence-corrected chi connectivity index (χ3v) is 2.75. The van der Waals surface area contributed by atoms with Crippen LogP contribution in [-0.2, 0) is 6.54 Å². The van der Waals surface area contributed by atoms with Crippen molar-refractivity contribution in [3.63, 3.8) is 0 Å². The van der Waals surface area contributed by atoms with Gasteiger partial charge < -0.3 is 15.0 Å². The second kappa shape index (κ2) is 5.18. The number of H-pyrrole nitrogens is 1. The molecule has 18 heavy (non-hydrogen) atoms. The number of imidazole rings is 1. The van der Waals surface area contributed by atoms with E-state index < -0.39 is 0 Å². The Balaban J connectivity index is 2.47. The molecule has 0 spiro atoms. The highest BCUT2D eigenvalue weighted by molar-refractivity contribution is 5.64. The van der Waals surface area contributed by atoms with E-state index in [1.165, 1.54) is 12.1 Å². The first-order chi connectivity index (χ1) is 8.65. The molecule has 0 aliphatic heterocycles. The minimum atomic E-state index is -0.310. The smallest absolute Gasteiger partial charge is 0.141 e. The standard InChI is InChI=1S/C13H16FN3O/c1-8-11(7-15-2)17-13(16-8)10-6-9(14)4-5-12(10)18-3/h4-6,15H,7H2,1-3H3,(H,16,17). The van der Waals surface area contributed by atoms with Crippen LogP contribution >= 0.6 is 0 Å². The van der Waals surface area contributed by atoms with Crippen molar-refractivity contribution in [1.82, 2.24) is 15.3 Å². The van der Waals surface area contributed by atoms with Crippen molar-refractivity contribution in [2.75, 3.05) is 14.2 Å². The summed E-state index contributed by atoms with van der Waals surface area (Å²) in [6, 6.07) is 4.38. The number of hydrogen-bond donors (Lipinski definition) is 2. The summed E-state index contributed by atoms with van der Waals surface area (Å²) in [6.45, 7) is 2.61. The molecule has 0 unspecified atom stereocenters. The quantitative estimate of drug-likeness (QED) is 0.873. The molecule has 0 saturated heterocycles. The number of rotatable bonds is 4. The van der Waals surface area contributed by atoms with Gasteiger partial charge in [0.15, 0.2) is 0 Å². The Kier molecular flexibility index (Phi) is 3.62. The largest absolute Gasteiger partial charge is 0.496 e. The Labute approximate surface area is 105 Å². The van der Waals surface area contributed by atoms with Gasteiger partial charge in [0, 0.05) is 12.2 Å². The lowest BCUT2D eigenvalue weighted by Gasteiger charge is -2.05. The van der Waals surface area contributed by atoms with Gasteiger partial charge >= 0.3 is 0 Å². The van der Waals surface area contributed by atoms with Gasteiger partial charge in [-0.2, -0.15) is 0 Å². The van der Waals surface area contributed by atoms with Crippen molar-refractivity contribution in [2.45, 2.75) is 13.5 Å². The fourth-order valence-electron chi connectivity index (χ4n) is 1.83. The van der Waals surface area contributed by atoms with Crippen LogP contribution in [0.5, 0.6) is 5.75 Å². The fraction of sp³-hybridized carbons (Fsp3) is 0.308. The van der Waals surface area contributed by atoms with Crippen molar-refractivity contribution < 1.29 is 9.13 Å². The van der Waals surface area contributed by atoms with Gasteiger partial charge in [-0.25, -0.2) is 9.37 Å². The molecule has 1 aromatic carbocycles. The first-order valence-electron chi connectivity index (χ1n) is 5.69.